The van der Waals surface area contributed by atoms with E-state index >= 15 is 0 Å². The molecular weight excluding hydrogens is 348 g/mol. The number of alkyl halides is 4. The number of rotatable bonds is 2. The highest BCUT2D eigenvalue weighted by Gasteiger charge is 2.37. The fourth-order valence-corrected chi connectivity index (χ4v) is 3.51. The van der Waals surface area contributed by atoms with E-state index in [4.69, 9.17) is 0 Å². The van der Waals surface area contributed by atoms with Crippen LogP contribution in [0, 0.1) is 0 Å². The van der Waals surface area contributed by atoms with Crippen molar-refractivity contribution in [2.24, 2.45) is 0 Å². The molecule has 0 unspecified atom stereocenters. The first-order chi connectivity index (χ1) is 12.3. The number of halogens is 4. The van der Waals surface area contributed by atoms with Crippen molar-refractivity contribution in [1.82, 2.24) is 9.97 Å². The summed E-state index contributed by atoms with van der Waals surface area (Å²) in [4.78, 5) is 12.7. The first kappa shape index (κ1) is 17.3. The molecule has 4 nitrogen and oxygen atoms in total. The summed E-state index contributed by atoms with van der Waals surface area (Å²) in [7, 11) is 0. The maximum absolute atomic E-state index is 13.5. The lowest BCUT2D eigenvalue weighted by Gasteiger charge is -2.35. The van der Waals surface area contributed by atoms with Crippen LogP contribution in [0.5, 0.6) is 0 Å². The summed E-state index contributed by atoms with van der Waals surface area (Å²) in [5.41, 5.74) is 0.696. The molecule has 2 aliphatic rings. The molecule has 2 aromatic rings. The number of benzene rings is 1. The average molecular weight is 368 g/mol. The Morgan fingerprint density at radius 2 is 1.27 bits per heavy atom. The molecule has 0 spiro atoms. The van der Waals surface area contributed by atoms with Crippen LogP contribution >= 0.6 is 0 Å². The lowest BCUT2D eigenvalue weighted by molar-refractivity contribution is -0.0225. The van der Waals surface area contributed by atoms with Gasteiger partial charge < -0.3 is 9.80 Å². The van der Waals surface area contributed by atoms with Gasteiger partial charge in [-0.05, 0) is 12.1 Å². The maximum Gasteiger partial charge on any atom is 0.251 e. The Labute approximate surface area is 148 Å². The van der Waals surface area contributed by atoms with Gasteiger partial charge in [0.2, 0.25) is 5.95 Å². The molecule has 0 bridgehead atoms. The van der Waals surface area contributed by atoms with Crippen LogP contribution in [0.15, 0.2) is 24.3 Å². The smallest absolute Gasteiger partial charge is 0.251 e. The maximum atomic E-state index is 13.5. The standard InChI is InChI=1S/C18H20F4N4/c19-17(20)5-9-25(10-6-17)15-13-3-1-2-4-14(13)23-16(24-15)26-11-7-18(21,22)8-12-26/h1-4H,5-12H2. The minimum Gasteiger partial charge on any atom is -0.355 e. The van der Waals surface area contributed by atoms with E-state index in [1.165, 1.54) is 0 Å². The van der Waals surface area contributed by atoms with Gasteiger partial charge in [-0.25, -0.2) is 22.5 Å². The average Bonchev–Trinajstić information content (AvgIpc) is 2.61. The lowest BCUT2D eigenvalue weighted by atomic mass is 10.1. The van der Waals surface area contributed by atoms with Gasteiger partial charge in [-0.3, -0.25) is 0 Å². The van der Waals surface area contributed by atoms with Gasteiger partial charge in [0.15, 0.2) is 0 Å². The summed E-state index contributed by atoms with van der Waals surface area (Å²) in [6, 6.07) is 7.40. The number of hydrogen-bond donors (Lipinski definition) is 0. The molecule has 2 saturated heterocycles. The van der Waals surface area contributed by atoms with Crippen molar-refractivity contribution in [3.8, 4) is 0 Å². The van der Waals surface area contributed by atoms with Crippen LogP contribution in [0.1, 0.15) is 25.7 Å². The van der Waals surface area contributed by atoms with Gasteiger partial charge in [-0.1, -0.05) is 12.1 Å². The van der Waals surface area contributed by atoms with Crippen molar-refractivity contribution in [1.29, 1.82) is 0 Å². The van der Waals surface area contributed by atoms with Crippen LogP contribution in [0.2, 0.25) is 0 Å². The molecule has 4 rings (SSSR count). The first-order valence-electron chi connectivity index (χ1n) is 8.85. The van der Waals surface area contributed by atoms with E-state index in [0.717, 1.165) is 5.39 Å². The molecule has 140 valence electrons. The number of hydrogen-bond acceptors (Lipinski definition) is 4. The molecular formula is C18H20F4N4. The summed E-state index contributed by atoms with van der Waals surface area (Å²) >= 11 is 0. The highest BCUT2D eigenvalue weighted by molar-refractivity contribution is 5.90. The largest absolute Gasteiger partial charge is 0.355 e. The monoisotopic (exact) mass is 368 g/mol. The number of anilines is 2. The molecule has 0 saturated carbocycles. The topological polar surface area (TPSA) is 32.3 Å². The molecule has 0 N–H and O–H groups in total. The van der Waals surface area contributed by atoms with Crippen molar-refractivity contribution in [2.75, 3.05) is 36.0 Å². The van der Waals surface area contributed by atoms with Crippen LogP contribution in [0.3, 0.4) is 0 Å². The molecule has 0 radical (unpaired) electrons. The summed E-state index contributed by atoms with van der Waals surface area (Å²) in [5.74, 6) is -4.28. The SMILES string of the molecule is FC1(F)CCN(c2nc(N3CCC(F)(F)CC3)c3ccccc3n2)CC1. The summed E-state index contributed by atoms with van der Waals surface area (Å²) < 4.78 is 53.9. The van der Waals surface area contributed by atoms with Crippen LogP contribution < -0.4 is 9.80 Å². The van der Waals surface area contributed by atoms with Crippen LogP contribution in [-0.2, 0) is 0 Å². The molecule has 2 fully saturated rings. The third kappa shape index (κ3) is 3.41. The number of piperidine rings is 2. The zero-order valence-electron chi connectivity index (χ0n) is 14.3. The van der Waals surface area contributed by atoms with Crippen molar-refractivity contribution >= 4 is 22.7 Å². The molecule has 26 heavy (non-hydrogen) atoms. The molecule has 2 aliphatic heterocycles. The van der Waals surface area contributed by atoms with E-state index in [9.17, 15) is 17.6 Å². The van der Waals surface area contributed by atoms with Gasteiger partial charge in [-0.2, -0.15) is 4.98 Å². The second-order valence-corrected chi connectivity index (χ2v) is 7.05. The van der Waals surface area contributed by atoms with E-state index in [1.807, 2.05) is 29.2 Å². The molecule has 1 aromatic carbocycles. The zero-order chi connectivity index (χ0) is 18.4. The van der Waals surface area contributed by atoms with Crippen LogP contribution in [0.25, 0.3) is 10.9 Å². The van der Waals surface area contributed by atoms with Gasteiger partial charge >= 0.3 is 0 Å². The van der Waals surface area contributed by atoms with E-state index in [0.29, 0.717) is 17.3 Å². The van der Waals surface area contributed by atoms with E-state index in [2.05, 4.69) is 9.97 Å². The Morgan fingerprint density at radius 1 is 0.731 bits per heavy atom. The molecule has 0 aliphatic carbocycles. The summed E-state index contributed by atoms with van der Waals surface area (Å²) in [6.45, 7) is 0.794. The Hall–Kier alpha value is -2.12. The number of fused-ring (bicyclic) bond motifs is 1. The second-order valence-electron chi connectivity index (χ2n) is 7.05. The van der Waals surface area contributed by atoms with Gasteiger partial charge in [-0.15, -0.1) is 0 Å². The van der Waals surface area contributed by atoms with Gasteiger partial charge in [0.25, 0.3) is 11.8 Å². The van der Waals surface area contributed by atoms with E-state index in [1.54, 1.807) is 4.90 Å². The predicted molar refractivity (Wildman–Crippen MR) is 92.3 cm³/mol. The van der Waals surface area contributed by atoms with Crippen molar-refractivity contribution in [3.63, 3.8) is 0 Å². The molecule has 0 atom stereocenters. The van der Waals surface area contributed by atoms with Crippen LogP contribution in [0.4, 0.5) is 29.3 Å². The number of aromatic nitrogens is 2. The Balaban J connectivity index is 1.68. The second kappa shape index (κ2) is 6.25. The van der Waals surface area contributed by atoms with Crippen molar-refractivity contribution in [2.45, 2.75) is 37.5 Å². The fraction of sp³-hybridized carbons (Fsp3) is 0.556. The highest BCUT2D eigenvalue weighted by atomic mass is 19.3. The number of nitrogens with zero attached hydrogens (tertiary/aromatic N) is 4. The van der Waals surface area contributed by atoms with E-state index in [-0.39, 0.29) is 51.9 Å². The normalized spacial score (nSPS) is 22.6. The van der Waals surface area contributed by atoms with Crippen molar-refractivity contribution in [3.05, 3.63) is 24.3 Å². The molecule has 3 heterocycles. The molecule has 1 aromatic heterocycles. The quantitative estimate of drug-likeness (QED) is 0.747. The summed E-state index contributed by atoms with van der Waals surface area (Å²) in [5, 5.41) is 0.795. The van der Waals surface area contributed by atoms with Crippen LogP contribution in [-0.4, -0.2) is 48.0 Å². The highest BCUT2D eigenvalue weighted by Crippen LogP contribution is 2.35. The first-order valence-corrected chi connectivity index (χ1v) is 8.85. The van der Waals surface area contributed by atoms with Gasteiger partial charge in [0.1, 0.15) is 5.82 Å². The summed E-state index contributed by atoms with van der Waals surface area (Å²) in [6.07, 6.45) is -0.879. The fourth-order valence-electron chi connectivity index (χ4n) is 3.51. The Morgan fingerprint density at radius 3 is 1.88 bits per heavy atom. The minimum absolute atomic E-state index is 0.183. The Bertz CT molecular complexity index is 791. The zero-order valence-corrected chi connectivity index (χ0v) is 14.3. The predicted octanol–water partition coefficient (Wildman–Crippen LogP) is 4.10. The molecule has 0 amide bonds. The lowest BCUT2D eigenvalue weighted by Crippen LogP contribution is -2.41. The van der Waals surface area contributed by atoms with Gasteiger partial charge in [0, 0.05) is 57.2 Å². The van der Waals surface area contributed by atoms with E-state index < -0.39 is 11.8 Å². The number of para-hydroxylation sites is 1. The Kier molecular flexibility index (Phi) is 4.16. The minimum atomic E-state index is -2.64. The third-order valence-electron chi connectivity index (χ3n) is 5.14. The molecule has 8 heteroatoms. The van der Waals surface area contributed by atoms with Gasteiger partial charge in [0.05, 0.1) is 5.52 Å². The van der Waals surface area contributed by atoms with Crippen molar-refractivity contribution < 1.29 is 17.6 Å². The third-order valence-corrected chi connectivity index (χ3v) is 5.14.